The molecule has 0 unspecified atom stereocenters. The van der Waals surface area contributed by atoms with Gasteiger partial charge in [-0.3, -0.25) is 14.5 Å². The van der Waals surface area contributed by atoms with Gasteiger partial charge >= 0.3 is 0 Å². The third-order valence-electron chi connectivity index (χ3n) is 4.08. The second kappa shape index (κ2) is 7.14. The predicted octanol–water partition coefficient (Wildman–Crippen LogP) is 4.97. The highest BCUT2D eigenvalue weighted by atomic mass is 35.5. The van der Waals surface area contributed by atoms with Gasteiger partial charge in [0.15, 0.2) is 5.78 Å². The molecule has 0 radical (unpaired) electrons. The van der Waals surface area contributed by atoms with Crippen molar-refractivity contribution >= 4 is 34.9 Å². The van der Waals surface area contributed by atoms with Crippen LogP contribution in [0.4, 0.5) is 0 Å². The first-order chi connectivity index (χ1) is 12.3. The Morgan fingerprint density at radius 2 is 1.46 bits per heavy atom. The summed E-state index contributed by atoms with van der Waals surface area (Å²) in [6.45, 7) is 4.06. The van der Waals surface area contributed by atoms with Crippen molar-refractivity contribution in [3.8, 4) is 0 Å². The molecule has 1 aliphatic heterocycles. The Morgan fingerprint density at radius 1 is 0.962 bits per heavy atom. The van der Waals surface area contributed by atoms with Crippen LogP contribution in [0.3, 0.4) is 0 Å². The number of amides is 1. The number of ether oxygens (including phenoxy) is 1. The van der Waals surface area contributed by atoms with Crippen molar-refractivity contribution in [3.05, 3.63) is 81.7 Å². The van der Waals surface area contributed by atoms with Crippen LogP contribution in [0.25, 0.3) is 0 Å². The van der Waals surface area contributed by atoms with Crippen LogP contribution < -0.4 is 0 Å². The fourth-order valence-electron chi connectivity index (χ4n) is 2.69. The summed E-state index contributed by atoms with van der Waals surface area (Å²) >= 11 is 11.7. The number of hydrogen-bond donors (Lipinski definition) is 0. The number of carbonyl (C=O) groups is 2. The molecule has 2 aromatic rings. The van der Waals surface area contributed by atoms with Crippen LogP contribution in [0.5, 0.6) is 0 Å². The molecule has 6 heteroatoms. The van der Waals surface area contributed by atoms with Crippen molar-refractivity contribution in [2.24, 2.45) is 0 Å². The normalized spacial score (nSPS) is 17.2. The Bertz CT molecular complexity index is 871. The number of ketones is 1. The van der Waals surface area contributed by atoms with E-state index in [-0.39, 0.29) is 17.6 Å². The summed E-state index contributed by atoms with van der Waals surface area (Å²) in [6.07, 6.45) is 1.34. The van der Waals surface area contributed by atoms with Gasteiger partial charge in [0.2, 0.25) is 5.88 Å². The van der Waals surface area contributed by atoms with Gasteiger partial charge in [0.25, 0.3) is 5.91 Å². The molecular weight excluding hydrogens is 373 g/mol. The van der Waals surface area contributed by atoms with Gasteiger partial charge < -0.3 is 4.74 Å². The van der Waals surface area contributed by atoms with Crippen LogP contribution in [0.15, 0.2) is 60.5 Å². The van der Waals surface area contributed by atoms with E-state index < -0.39 is 5.54 Å². The Kier molecular flexibility index (Phi) is 5.08. The lowest BCUT2D eigenvalue weighted by atomic mass is 10.0. The van der Waals surface area contributed by atoms with Gasteiger partial charge in [-0.05, 0) is 62.4 Å². The molecule has 26 heavy (non-hydrogen) atoms. The average Bonchev–Trinajstić information content (AvgIpc) is 2.89. The standard InChI is InChI=1S/C20H17Cl2NO3/c1-20(2)12-26-18(11-17(24)13-3-7-15(21)8-4-13)23(20)19(25)14-5-9-16(22)10-6-14/h3-11H,12H2,1-2H3/b18-11-. The van der Waals surface area contributed by atoms with Crippen molar-refractivity contribution in [3.63, 3.8) is 0 Å². The van der Waals surface area contributed by atoms with E-state index in [4.69, 9.17) is 27.9 Å². The van der Waals surface area contributed by atoms with Crippen LogP contribution in [-0.2, 0) is 4.74 Å². The van der Waals surface area contributed by atoms with E-state index >= 15 is 0 Å². The summed E-state index contributed by atoms with van der Waals surface area (Å²) < 4.78 is 5.66. The first kappa shape index (κ1) is 18.5. The Morgan fingerprint density at radius 3 is 2.00 bits per heavy atom. The Labute approximate surface area is 162 Å². The van der Waals surface area contributed by atoms with E-state index in [1.54, 1.807) is 48.5 Å². The molecule has 1 saturated heterocycles. The quantitative estimate of drug-likeness (QED) is 0.549. The van der Waals surface area contributed by atoms with Crippen molar-refractivity contribution < 1.29 is 14.3 Å². The lowest BCUT2D eigenvalue weighted by Gasteiger charge is -2.28. The Balaban J connectivity index is 1.92. The van der Waals surface area contributed by atoms with Crippen LogP contribution in [0.2, 0.25) is 10.0 Å². The summed E-state index contributed by atoms with van der Waals surface area (Å²) in [5, 5.41) is 1.10. The molecule has 0 saturated carbocycles. The molecule has 2 aromatic carbocycles. The number of carbonyl (C=O) groups excluding carboxylic acids is 2. The molecular formula is C20H17Cl2NO3. The summed E-state index contributed by atoms with van der Waals surface area (Å²) in [7, 11) is 0. The van der Waals surface area contributed by atoms with E-state index in [0.717, 1.165) is 0 Å². The van der Waals surface area contributed by atoms with Gasteiger partial charge in [-0.1, -0.05) is 23.2 Å². The van der Waals surface area contributed by atoms with Crippen LogP contribution in [-0.4, -0.2) is 28.7 Å². The number of hydrogen-bond acceptors (Lipinski definition) is 3. The summed E-state index contributed by atoms with van der Waals surface area (Å²) in [6, 6.07) is 13.2. The van der Waals surface area contributed by atoms with E-state index in [1.807, 2.05) is 13.8 Å². The maximum atomic E-state index is 13.0. The van der Waals surface area contributed by atoms with Gasteiger partial charge in [-0.15, -0.1) is 0 Å². The minimum atomic E-state index is -0.581. The average molecular weight is 390 g/mol. The van der Waals surface area contributed by atoms with Gasteiger partial charge in [0.05, 0.1) is 5.54 Å². The molecule has 0 N–H and O–H groups in total. The zero-order valence-electron chi connectivity index (χ0n) is 14.3. The van der Waals surface area contributed by atoms with Crippen LogP contribution in [0.1, 0.15) is 34.6 Å². The maximum Gasteiger partial charge on any atom is 0.261 e. The summed E-state index contributed by atoms with van der Waals surface area (Å²) in [5.74, 6) is -0.280. The Hall–Kier alpha value is -2.30. The number of halogens is 2. The number of rotatable bonds is 3. The first-order valence-electron chi connectivity index (χ1n) is 8.02. The van der Waals surface area contributed by atoms with Crippen molar-refractivity contribution in [1.29, 1.82) is 0 Å². The van der Waals surface area contributed by atoms with Gasteiger partial charge in [-0.2, -0.15) is 0 Å². The third-order valence-corrected chi connectivity index (χ3v) is 4.58. The van der Waals surface area contributed by atoms with Crippen molar-refractivity contribution in [2.75, 3.05) is 6.61 Å². The third kappa shape index (κ3) is 3.76. The fourth-order valence-corrected chi connectivity index (χ4v) is 2.94. The zero-order chi connectivity index (χ0) is 18.9. The van der Waals surface area contributed by atoms with E-state index in [9.17, 15) is 9.59 Å². The van der Waals surface area contributed by atoms with Gasteiger partial charge in [-0.25, -0.2) is 0 Å². The SMILES string of the molecule is CC1(C)CO/C(=C\C(=O)c2ccc(Cl)cc2)N1C(=O)c1ccc(Cl)cc1. The molecule has 0 aromatic heterocycles. The van der Waals surface area contributed by atoms with Crippen LogP contribution in [0, 0.1) is 0 Å². The van der Waals surface area contributed by atoms with Gasteiger partial charge in [0, 0.05) is 27.2 Å². The first-order valence-corrected chi connectivity index (χ1v) is 8.78. The number of nitrogens with zero attached hydrogens (tertiary/aromatic N) is 1. The lowest BCUT2D eigenvalue weighted by molar-refractivity contribution is 0.0709. The largest absolute Gasteiger partial charge is 0.476 e. The van der Waals surface area contributed by atoms with E-state index in [2.05, 4.69) is 0 Å². The molecule has 1 fully saturated rings. The number of benzene rings is 2. The number of allylic oxidation sites excluding steroid dienone is 1. The molecule has 1 aliphatic rings. The minimum Gasteiger partial charge on any atom is -0.476 e. The van der Waals surface area contributed by atoms with Crippen LogP contribution >= 0.6 is 23.2 Å². The highest BCUT2D eigenvalue weighted by Crippen LogP contribution is 2.32. The molecule has 1 heterocycles. The molecule has 1 amide bonds. The van der Waals surface area contributed by atoms with E-state index in [0.29, 0.717) is 27.8 Å². The highest BCUT2D eigenvalue weighted by molar-refractivity contribution is 6.31. The van der Waals surface area contributed by atoms with Crippen molar-refractivity contribution in [2.45, 2.75) is 19.4 Å². The highest BCUT2D eigenvalue weighted by Gasteiger charge is 2.42. The predicted molar refractivity (Wildman–Crippen MR) is 102 cm³/mol. The maximum absolute atomic E-state index is 13.0. The fraction of sp³-hybridized carbons (Fsp3) is 0.200. The molecule has 0 atom stereocenters. The molecule has 4 nitrogen and oxygen atoms in total. The molecule has 0 spiro atoms. The second-order valence-corrected chi connectivity index (χ2v) is 7.48. The topological polar surface area (TPSA) is 46.6 Å². The smallest absolute Gasteiger partial charge is 0.261 e. The molecule has 0 bridgehead atoms. The van der Waals surface area contributed by atoms with E-state index in [1.165, 1.54) is 11.0 Å². The summed E-state index contributed by atoms with van der Waals surface area (Å²) in [4.78, 5) is 27.0. The minimum absolute atomic E-state index is 0.231. The molecule has 134 valence electrons. The monoisotopic (exact) mass is 389 g/mol. The summed E-state index contributed by atoms with van der Waals surface area (Å²) in [5.41, 5.74) is 0.356. The molecule has 3 rings (SSSR count). The molecule has 0 aliphatic carbocycles. The van der Waals surface area contributed by atoms with Gasteiger partial charge in [0.1, 0.15) is 6.61 Å². The zero-order valence-corrected chi connectivity index (χ0v) is 15.8. The van der Waals surface area contributed by atoms with Crippen molar-refractivity contribution in [1.82, 2.24) is 4.90 Å². The second-order valence-electron chi connectivity index (χ2n) is 6.60. The lowest BCUT2D eigenvalue weighted by Crippen LogP contribution is -2.43.